The smallest absolute Gasteiger partial charge is 0.247 e. The molecule has 0 N–H and O–H groups in total. The molecule has 0 saturated carbocycles. The summed E-state index contributed by atoms with van der Waals surface area (Å²) in [5, 5.41) is 0. The highest BCUT2D eigenvalue weighted by atomic mass is 32.2. The number of benzene rings is 2. The molecule has 1 aliphatic rings. The van der Waals surface area contributed by atoms with E-state index in [9.17, 15) is 8.42 Å². The van der Waals surface area contributed by atoms with Crippen LogP contribution in [0.5, 0.6) is 11.5 Å². The molecule has 6 nitrogen and oxygen atoms in total. The zero-order valence-corrected chi connectivity index (χ0v) is 16.8. The van der Waals surface area contributed by atoms with Crippen LogP contribution in [0.15, 0.2) is 47.4 Å². The molecule has 146 valence electrons. The van der Waals surface area contributed by atoms with Gasteiger partial charge in [0.2, 0.25) is 10.0 Å². The summed E-state index contributed by atoms with van der Waals surface area (Å²) in [6.07, 6.45) is -0.312. The molecular weight excluding hydrogens is 366 g/mol. The number of methoxy groups -OCH3 is 2. The lowest BCUT2D eigenvalue weighted by molar-refractivity contribution is -0.0288. The van der Waals surface area contributed by atoms with Gasteiger partial charge in [-0.2, -0.15) is 4.31 Å². The molecular formula is C20H25NO5S. The molecule has 1 heterocycles. The molecule has 1 saturated heterocycles. The second-order valence-electron chi connectivity index (χ2n) is 6.67. The van der Waals surface area contributed by atoms with Crippen molar-refractivity contribution in [2.75, 3.05) is 27.4 Å². The van der Waals surface area contributed by atoms with Gasteiger partial charge in [0.05, 0.1) is 26.9 Å². The highest BCUT2D eigenvalue weighted by Crippen LogP contribution is 2.35. The molecule has 0 aromatic heterocycles. The Kier molecular flexibility index (Phi) is 5.74. The quantitative estimate of drug-likeness (QED) is 0.783. The molecule has 2 unspecified atom stereocenters. The SMILES string of the molecule is COc1ccc(OC)c(S(=O)(=O)N2CC(c3ccc(C)cc3)OCC2C)c1. The maximum atomic E-state index is 13.4. The summed E-state index contributed by atoms with van der Waals surface area (Å²) in [6.45, 7) is 4.42. The van der Waals surface area contributed by atoms with Gasteiger partial charge < -0.3 is 14.2 Å². The lowest BCUT2D eigenvalue weighted by Crippen LogP contribution is -2.48. The Balaban J connectivity index is 1.96. The van der Waals surface area contributed by atoms with E-state index in [1.54, 1.807) is 12.1 Å². The Labute approximate surface area is 160 Å². The van der Waals surface area contributed by atoms with Crippen LogP contribution in [-0.4, -0.2) is 46.1 Å². The number of aryl methyl sites for hydroxylation is 1. The highest BCUT2D eigenvalue weighted by molar-refractivity contribution is 7.89. The number of morpholine rings is 1. The van der Waals surface area contributed by atoms with Crippen LogP contribution in [0.25, 0.3) is 0 Å². The Morgan fingerprint density at radius 3 is 2.41 bits per heavy atom. The molecule has 2 aromatic rings. The van der Waals surface area contributed by atoms with Crippen LogP contribution in [0.3, 0.4) is 0 Å². The first kappa shape index (κ1) is 19.7. The van der Waals surface area contributed by atoms with Crippen LogP contribution in [0.2, 0.25) is 0 Å². The number of nitrogens with zero attached hydrogens (tertiary/aromatic N) is 1. The Hall–Kier alpha value is -2.09. The standard InChI is InChI=1S/C20H25NO5S/c1-14-5-7-16(8-6-14)19-12-21(15(2)13-26-19)27(22,23)20-11-17(24-3)9-10-18(20)25-4/h5-11,15,19H,12-13H2,1-4H3. The van der Waals surface area contributed by atoms with E-state index in [0.29, 0.717) is 18.1 Å². The van der Waals surface area contributed by atoms with Crippen LogP contribution in [0, 0.1) is 6.92 Å². The zero-order valence-electron chi connectivity index (χ0n) is 16.0. The number of ether oxygens (including phenoxy) is 3. The summed E-state index contributed by atoms with van der Waals surface area (Å²) >= 11 is 0. The van der Waals surface area contributed by atoms with Gasteiger partial charge in [0.15, 0.2) is 0 Å². The normalized spacial score (nSPS) is 21.0. The third-order valence-electron chi connectivity index (χ3n) is 4.78. The zero-order chi connectivity index (χ0) is 19.6. The molecule has 0 amide bonds. The average molecular weight is 391 g/mol. The Morgan fingerprint density at radius 1 is 1.07 bits per heavy atom. The molecule has 7 heteroatoms. The molecule has 0 radical (unpaired) electrons. The van der Waals surface area contributed by atoms with Gasteiger partial charge in [-0.3, -0.25) is 0 Å². The highest BCUT2D eigenvalue weighted by Gasteiger charge is 2.37. The number of rotatable bonds is 5. The van der Waals surface area contributed by atoms with Crippen LogP contribution < -0.4 is 9.47 Å². The lowest BCUT2D eigenvalue weighted by atomic mass is 10.1. The molecule has 1 fully saturated rings. The van der Waals surface area contributed by atoms with Crippen molar-refractivity contribution in [1.82, 2.24) is 4.31 Å². The lowest BCUT2D eigenvalue weighted by Gasteiger charge is -2.37. The Morgan fingerprint density at radius 2 is 1.78 bits per heavy atom. The topological polar surface area (TPSA) is 65.1 Å². The monoisotopic (exact) mass is 391 g/mol. The molecule has 2 atom stereocenters. The van der Waals surface area contributed by atoms with Gasteiger partial charge in [-0.1, -0.05) is 29.8 Å². The van der Waals surface area contributed by atoms with E-state index in [2.05, 4.69) is 0 Å². The fraction of sp³-hybridized carbons (Fsp3) is 0.400. The largest absolute Gasteiger partial charge is 0.497 e. The molecule has 3 rings (SSSR count). The van der Waals surface area contributed by atoms with E-state index in [1.165, 1.54) is 24.6 Å². The van der Waals surface area contributed by atoms with Gasteiger partial charge in [0.25, 0.3) is 0 Å². The summed E-state index contributed by atoms with van der Waals surface area (Å²) in [5.74, 6) is 0.756. The van der Waals surface area contributed by atoms with Crippen molar-refractivity contribution in [3.05, 3.63) is 53.6 Å². The first-order valence-electron chi connectivity index (χ1n) is 8.79. The number of sulfonamides is 1. The summed E-state index contributed by atoms with van der Waals surface area (Å²) < 4.78 is 44.7. The fourth-order valence-corrected chi connectivity index (χ4v) is 4.95. The minimum Gasteiger partial charge on any atom is -0.497 e. The predicted octanol–water partition coefficient (Wildman–Crippen LogP) is 3.16. The predicted molar refractivity (Wildman–Crippen MR) is 103 cm³/mol. The van der Waals surface area contributed by atoms with Crippen LogP contribution in [-0.2, 0) is 14.8 Å². The molecule has 0 bridgehead atoms. The van der Waals surface area contributed by atoms with Crippen molar-refractivity contribution in [3.8, 4) is 11.5 Å². The van der Waals surface area contributed by atoms with Gasteiger partial charge in [-0.25, -0.2) is 8.42 Å². The van der Waals surface area contributed by atoms with Gasteiger partial charge in [0, 0.05) is 18.7 Å². The maximum Gasteiger partial charge on any atom is 0.247 e. The fourth-order valence-electron chi connectivity index (χ4n) is 3.16. The molecule has 0 spiro atoms. The van der Waals surface area contributed by atoms with E-state index in [-0.39, 0.29) is 23.6 Å². The van der Waals surface area contributed by atoms with E-state index in [1.807, 2.05) is 38.1 Å². The first-order chi connectivity index (χ1) is 12.9. The molecule has 27 heavy (non-hydrogen) atoms. The van der Waals surface area contributed by atoms with E-state index < -0.39 is 10.0 Å². The van der Waals surface area contributed by atoms with Crippen molar-refractivity contribution in [3.63, 3.8) is 0 Å². The molecule has 1 aliphatic heterocycles. The van der Waals surface area contributed by atoms with Crippen molar-refractivity contribution >= 4 is 10.0 Å². The summed E-state index contributed by atoms with van der Waals surface area (Å²) in [5.41, 5.74) is 2.11. The van der Waals surface area contributed by atoms with Crippen molar-refractivity contribution in [2.45, 2.75) is 30.9 Å². The summed E-state index contributed by atoms with van der Waals surface area (Å²) in [7, 11) is -0.827. The molecule has 0 aliphatic carbocycles. The summed E-state index contributed by atoms with van der Waals surface area (Å²) in [4.78, 5) is 0.0979. The number of hydrogen-bond donors (Lipinski definition) is 0. The maximum absolute atomic E-state index is 13.4. The van der Waals surface area contributed by atoms with Crippen LogP contribution in [0.1, 0.15) is 24.2 Å². The first-order valence-corrected chi connectivity index (χ1v) is 10.2. The van der Waals surface area contributed by atoms with Crippen molar-refractivity contribution in [1.29, 1.82) is 0 Å². The van der Waals surface area contributed by atoms with Crippen LogP contribution in [0.4, 0.5) is 0 Å². The van der Waals surface area contributed by atoms with Crippen molar-refractivity contribution in [2.24, 2.45) is 0 Å². The second kappa shape index (κ2) is 7.88. The van der Waals surface area contributed by atoms with Crippen molar-refractivity contribution < 1.29 is 22.6 Å². The van der Waals surface area contributed by atoms with Gasteiger partial charge in [0.1, 0.15) is 16.4 Å². The van der Waals surface area contributed by atoms with Gasteiger partial charge in [-0.15, -0.1) is 0 Å². The van der Waals surface area contributed by atoms with Gasteiger partial charge in [-0.05, 0) is 31.5 Å². The summed E-state index contributed by atoms with van der Waals surface area (Å²) in [6, 6.07) is 12.5. The Bertz CT molecular complexity index is 895. The third kappa shape index (κ3) is 3.95. The van der Waals surface area contributed by atoms with Gasteiger partial charge >= 0.3 is 0 Å². The minimum absolute atomic E-state index is 0.0979. The average Bonchev–Trinajstić information content (AvgIpc) is 2.68. The van der Waals surface area contributed by atoms with E-state index in [0.717, 1.165) is 11.1 Å². The second-order valence-corrected chi connectivity index (χ2v) is 8.53. The van der Waals surface area contributed by atoms with E-state index in [4.69, 9.17) is 14.2 Å². The third-order valence-corrected chi connectivity index (χ3v) is 6.78. The van der Waals surface area contributed by atoms with Crippen LogP contribution >= 0.6 is 0 Å². The molecule has 2 aromatic carbocycles. The van der Waals surface area contributed by atoms with E-state index >= 15 is 0 Å². The minimum atomic E-state index is -3.79. The number of hydrogen-bond acceptors (Lipinski definition) is 5.